The molecule has 3 rings (SSSR count). The average molecular weight is 326 g/mol. The van der Waals surface area contributed by atoms with Crippen molar-refractivity contribution in [1.82, 2.24) is 25.7 Å². The highest BCUT2D eigenvalue weighted by Crippen LogP contribution is 2.44. The summed E-state index contributed by atoms with van der Waals surface area (Å²) in [7, 11) is 1.91. The molecule has 1 aliphatic rings. The maximum atomic E-state index is 5.29. The summed E-state index contributed by atoms with van der Waals surface area (Å²) in [6.07, 6.45) is 3.17. The number of hydrogen-bond donors (Lipinski definition) is 2. The second-order valence-corrected chi connectivity index (χ2v) is 5.78. The van der Waals surface area contributed by atoms with Gasteiger partial charge in [-0.3, -0.25) is 5.10 Å². The molecule has 6 nitrogen and oxygen atoms in total. The van der Waals surface area contributed by atoms with Gasteiger partial charge in [0.1, 0.15) is 0 Å². The highest BCUT2D eigenvalue weighted by Gasteiger charge is 2.30. The molecule has 2 aromatic heterocycles. The molecule has 0 amide bonds. The van der Waals surface area contributed by atoms with Crippen LogP contribution in [0.1, 0.15) is 37.2 Å². The lowest BCUT2D eigenvalue weighted by Gasteiger charge is -2.04. The number of likely N-dealkylation sites (N-methyl/N-ethyl adjacent to an activating group) is 1. The molecule has 1 unspecified atom stereocenters. The predicted molar refractivity (Wildman–Crippen MR) is 73.8 cm³/mol. The number of nitrogens with zero attached hydrogens (tertiary/aromatic N) is 3. The van der Waals surface area contributed by atoms with Crippen molar-refractivity contribution in [2.75, 3.05) is 7.05 Å². The van der Waals surface area contributed by atoms with E-state index in [2.05, 4.69) is 48.5 Å². The zero-order chi connectivity index (χ0) is 13.4. The van der Waals surface area contributed by atoms with Crippen LogP contribution in [0.5, 0.6) is 0 Å². The quantitative estimate of drug-likeness (QED) is 0.881. The number of rotatable bonds is 5. The lowest BCUT2D eigenvalue weighted by Crippen LogP contribution is -2.24. The molecule has 0 aromatic carbocycles. The Balaban J connectivity index is 1.82. The molecule has 2 aromatic rings. The molecule has 102 valence electrons. The molecular formula is C12H16BrN5O. The van der Waals surface area contributed by atoms with E-state index in [0.717, 1.165) is 16.6 Å². The third kappa shape index (κ3) is 2.57. The molecule has 19 heavy (non-hydrogen) atoms. The van der Waals surface area contributed by atoms with Crippen LogP contribution >= 0.6 is 15.9 Å². The second kappa shape index (κ2) is 5.05. The van der Waals surface area contributed by atoms with Crippen molar-refractivity contribution in [2.24, 2.45) is 0 Å². The van der Waals surface area contributed by atoms with E-state index in [1.165, 1.54) is 12.8 Å². The molecule has 2 heterocycles. The third-order valence-corrected chi connectivity index (χ3v) is 4.17. The van der Waals surface area contributed by atoms with Gasteiger partial charge in [0.25, 0.3) is 5.89 Å². The molecule has 7 heteroatoms. The van der Waals surface area contributed by atoms with Crippen LogP contribution in [-0.4, -0.2) is 33.4 Å². The summed E-state index contributed by atoms with van der Waals surface area (Å²) < 4.78 is 6.24. The van der Waals surface area contributed by atoms with Crippen molar-refractivity contribution in [3.63, 3.8) is 0 Å². The van der Waals surface area contributed by atoms with Crippen LogP contribution in [0, 0.1) is 0 Å². The number of hydrogen-bond acceptors (Lipinski definition) is 5. The second-order valence-electron chi connectivity index (χ2n) is 4.98. The van der Waals surface area contributed by atoms with Crippen LogP contribution < -0.4 is 5.32 Å². The van der Waals surface area contributed by atoms with Crippen LogP contribution in [-0.2, 0) is 6.42 Å². The molecule has 1 aliphatic carbocycles. The van der Waals surface area contributed by atoms with Crippen LogP contribution in [0.3, 0.4) is 0 Å². The van der Waals surface area contributed by atoms with E-state index >= 15 is 0 Å². The first-order valence-corrected chi connectivity index (χ1v) is 7.22. The molecule has 2 N–H and O–H groups in total. The number of H-pyrrole nitrogens is 1. The van der Waals surface area contributed by atoms with E-state index in [4.69, 9.17) is 4.52 Å². The summed E-state index contributed by atoms with van der Waals surface area (Å²) in [4.78, 5) is 4.39. The van der Waals surface area contributed by atoms with Crippen molar-refractivity contribution in [3.8, 4) is 11.6 Å². The van der Waals surface area contributed by atoms with E-state index in [-0.39, 0.29) is 0 Å². The molecule has 1 saturated carbocycles. The lowest BCUT2D eigenvalue weighted by molar-refractivity contribution is 0.417. The SMILES string of the molecule is CNC(C)Cc1noc(-c2n[nH]c(C3CC3)c2Br)n1. The van der Waals surface area contributed by atoms with Crippen molar-refractivity contribution >= 4 is 15.9 Å². The molecule has 1 fully saturated rings. The van der Waals surface area contributed by atoms with Gasteiger partial charge < -0.3 is 9.84 Å². The topological polar surface area (TPSA) is 79.6 Å². The Morgan fingerprint density at radius 3 is 3.00 bits per heavy atom. The van der Waals surface area contributed by atoms with Gasteiger partial charge in [0.2, 0.25) is 0 Å². The van der Waals surface area contributed by atoms with Crippen LogP contribution in [0.15, 0.2) is 9.00 Å². The highest BCUT2D eigenvalue weighted by atomic mass is 79.9. The average Bonchev–Trinajstić information content (AvgIpc) is 3.03. The summed E-state index contributed by atoms with van der Waals surface area (Å²) in [6.45, 7) is 2.08. The summed E-state index contributed by atoms with van der Waals surface area (Å²) >= 11 is 3.57. The van der Waals surface area contributed by atoms with E-state index in [1.54, 1.807) is 0 Å². The molecule has 1 atom stereocenters. The van der Waals surface area contributed by atoms with E-state index < -0.39 is 0 Å². The molecule has 0 bridgehead atoms. The first-order chi connectivity index (χ1) is 9.19. The van der Waals surface area contributed by atoms with Crippen LogP contribution in [0.4, 0.5) is 0 Å². The Morgan fingerprint density at radius 1 is 1.53 bits per heavy atom. The molecular weight excluding hydrogens is 310 g/mol. The van der Waals surface area contributed by atoms with Crippen LogP contribution in [0.25, 0.3) is 11.6 Å². The zero-order valence-corrected chi connectivity index (χ0v) is 12.5. The van der Waals surface area contributed by atoms with Gasteiger partial charge in [0.15, 0.2) is 11.5 Å². The zero-order valence-electron chi connectivity index (χ0n) is 10.9. The minimum absolute atomic E-state index is 0.315. The fourth-order valence-corrected chi connectivity index (χ4v) is 2.61. The minimum Gasteiger partial charge on any atom is -0.332 e. The smallest absolute Gasteiger partial charge is 0.279 e. The van der Waals surface area contributed by atoms with E-state index in [1.807, 2.05) is 7.05 Å². The van der Waals surface area contributed by atoms with Crippen molar-refractivity contribution < 1.29 is 4.52 Å². The number of nitrogens with one attached hydrogen (secondary N) is 2. The Kier molecular flexibility index (Phi) is 3.40. The standard InChI is InChI=1S/C12H16BrN5O/c1-6(14-2)5-8-15-12(19-18-8)11-9(13)10(16-17-11)7-3-4-7/h6-7,14H,3-5H2,1-2H3,(H,16,17). The van der Waals surface area contributed by atoms with Crippen LogP contribution in [0.2, 0.25) is 0 Å². The lowest BCUT2D eigenvalue weighted by atomic mass is 10.2. The normalized spacial score (nSPS) is 16.8. The maximum absolute atomic E-state index is 5.29. The summed E-state index contributed by atoms with van der Waals surface area (Å²) in [6, 6.07) is 0.315. The Bertz CT molecular complexity index is 574. The van der Waals surface area contributed by atoms with Gasteiger partial charge in [0.05, 0.1) is 10.2 Å². The predicted octanol–water partition coefficient (Wildman–Crippen LogP) is 2.25. The maximum Gasteiger partial charge on any atom is 0.279 e. The molecule has 0 radical (unpaired) electrons. The minimum atomic E-state index is 0.315. The fraction of sp³-hybridized carbons (Fsp3) is 0.583. The molecule has 0 spiro atoms. The van der Waals surface area contributed by atoms with Gasteiger partial charge in [-0.25, -0.2) is 0 Å². The third-order valence-electron chi connectivity index (χ3n) is 3.37. The number of aromatic nitrogens is 4. The van der Waals surface area contributed by atoms with E-state index in [9.17, 15) is 0 Å². The molecule has 0 saturated heterocycles. The van der Waals surface area contributed by atoms with Crippen molar-refractivity contribution in [3.05, 3.63) is 16.0 Å². The van der Waals surface area contributed by atoms with Crippen molar-refractivity contribution in [1.29, 1.82) is 0 Å². The molecule has 0 aliphatic heterocycles. The first kappa shape index (κ1) is 12.8. The van der Waals surface area contributed by atoms with Crippen molar-refractivity contribution in [2.45, 2.75) is 38.1 Å². The van der Waals surface area contributed by atoms with E-state index in [0.29, 0.717) is 29.4 Å². The van der Waals surface area contributed by atoms with Gasteiger partial charge in [-0.05, 0) is 42.7 Å². The number of aromatic amines is 1. The van der Waals surface area contributed by atoms with Gasteiger partial charge >= 0.3 is 0 Å². The summed E-state index contributed by atoms with van der Waals surface area (Å²) in [5, 5.41) is 14.5. The first-order valence-electron chi connectivity index (χ1n) is 6.43. The summed E-state index contributed by atoms with van der Waals surface area (Å²) in [5.74, 6) is 1.76. The Labute approximate surface area is 119 Å². The monoisotopic (exact) mass is 325 g/mol. The summed E-state index contributed by atoms with van der Waals surface area (Å²) in [5.41, 5.74) is 1.84. The highest BCUT2D eigenvalue weighted by molar-refractivity contribution is 9.10. The Morgan fingerprint density at radius 2 is 2.32 bits per heavy atom. The Hall–Kier alpha value is -1.21. The van der Waals surface area contributed by atoms with Gasteiger partial charge in [-0.2, -0.15) is 10.1 Å². The fourth-order valence-electron chi connectivity index (χ4n) is 1.94. The van der Waals surface area contributed by atoms with Gasteiger partial charge in [-0.15, -0.1) is 0 Å². The van der Waals surface area contributed by atoms with Gasteiger partial charge in [0, 0.05) is 18.4 Å². The van der Waals surface area contributed by atoms with Gasteiger partial charge in [-0.1, -0.05) is 5.16 Å². The number of halogens is 1. The largest absolute Gasteiger partial charge is 0.332 e.